The van der Waals surface area contributed by atoms with Crippen LogP contribution < -0.4 is 10.6 Å². The summed E-state index contributed by atoms with van der Waals surface area (Å²) in [6.07, 6.45) is 0. The van der Waals surface area contributed by atoms with Gasteiger partial charge in [0.25, 0.3) is 5.69 Å². The van der Waals surface area contributed by atoms with Gasteiger partial charge in [-0.25, -0.2) is 0 Å². The number of nitro benzene ring substituents is 1. The van der Waals surface area contributed by atoms with E-state index in [1.54, 1.807) is 39.1 Å². The number of hydrogen-bond acceptors (Lipinski definition) is 4. The van der Waals surface area contributed by atoms with E-state index in [-0.39, 0.29) is 18.1 Å². The van der Waals surface area contributed by atoms with Crippen molar-refractivity contribution < 1.29 is 9.72 Å². The number of amides is 1. The van der Waals surface area contributed by atoms with Gasteiger partial charge in [0.05, 0.1) is 10.5 Å². The van der Waals surface area contributed by atoms with Gasteiger partial charge in [-0.3, -0.25) is 14.9 Å². The van der Waals surface area contributed by atoms with Crippen LogP contribution >= 0.6 is 0 Å². The number of benzene rings is 1. The summed E-state index contributed by atoms with van der Waals surface area (Å²) in [4.78, 5) is 22.2. The number of rotatable bonds is 5. The van der Waals surface area contributed by atoms with Crippen LogP contribution in [0.4, 0.5) is 5.69 Å². The van der Waals surface area contributed by atoms with Gasteiger partial charge in [0.2, 0.25) is 5.91 Å². The molecule has 0 bridgehead atoms. The van der Waals surface area contributed by atoms with Gasteiger partial charge in [-0.1, -0.05) is 18.2 Å². The van der Waals surface area contributed by atoms with Crippen LogP contribution in [0.5, 0.6) is 0 Å². The van der Waals surface area contributed by atoms with Crippen LogP contribution in [-0.2, 0) is 11.3 Å². The minimum Gasteiger partial charge on any atom is -0.350 e. The van der Waals surface area contributed by atoms with Crippen LogP contribution in [0.3, 0.4) is 0 Å². The van der Waals surface area contributed by atoms with Crippen LogP contribution in [0.25, 0.3) is 0 Å². The summed E-state index contributed by atoms with van der Waals surface area (Å²) in [5.41, 5.74) is -0.202. The lowest BCUT2D eigenvalue weighted by atomic mass is 10.0. The number of nitro groups is 1. The van der Waals surface area contributed by atoms with Gasteiger partial charge in [-0.05, 0) is 20.9 Å². The minimum atomic E-state index is -0.705. The predicted octanol–water partition coefficient (Wildman–Crippen LogP) is 1.21. The molecule has 0 saturated carbocycles. The Morgan fingerprint density at radius 1 is 1.39 bits per heavy atom. The second-order valence-electron chi connectivity index (χ2n) is 4.44. The molecule has 1 aromatic carbocycles. The van der Waals surface area contributed by atoms with Crippen LogP contribution in [0.2, 0.25) is 0 Å². The van der Waals surface area contributed by atoms with Crippen molar-refractivity contribution in [3.05, 3.63) is 39.9 Å². The number of nitrogens with zero attached hydrogens (tertiary/aromatic N) is 1. The first-order valence-corrected chi connectivity index (χ1v) is 5.58. The van der Waals surface area contributed by atoms with E-state index in [9.17, 15) is 14.9 Å². The molecule has 2 N–H and O–H groups in total. The zero-order valence-electron chi connectivity index (χ0n) is 10.7. The van der Waals surface area contributed by atoms with Crippen molar-refractivity contribution in [3.8, 4) is 0 Å². The number of likely N-dealkylation sites (N-methyl/N-ethyl adjacent to an activating group) is 1. The van der Waals surface area contributed by atoms with Crippen molar-refractivity contribution in [3.63, 3.8) is 0 Å². The number of carbonyl (C=O) groups excluding carboxylic acids is 1. The lowest BCUT2D eigenvalue weighted by Crippen LogP contribution is -2.50. The average Bonchev–Trinajstić information content (AvgIpc) is 2.36. The lowest BCUT2D eigenvalue weighted by Gasteiger charge is -2.22. The molecule has 0 spiro atoms. The molecule has 0 radical (unpaired) electrons. The molecule has 0 aliphatic carbocycles. The van der Waals surface area contributed by atoms with Gasteiger partial charge in [0.1, 0.15) is 0 Å². The third-order valence-electron chi connectivity index (χ3n) is 2.82. The summed E-state index contributed by atoms with van der Waals surface area (Å²) in [5, 5.41) is 16.3. The van der Waals surface area contributed by atoms with Crippen molar-refractivity contribution in [2.45, 2.75) is 25.9 Å². The largest absolute Gasteiger partial charge is 0.350 e. The molecule has 98 valence electrons. The molecule has 0 aromatic heterocycles. The first-order valence-electron chi connectivity index (χ1n) is 5.58. The van der Waals surface area contributed by atoms with Crippen molar-refractivity contribution in [1.82, 2.24) is 10.6 Å². The molecule has 0 atom stereocenters. The molecule has 0 unspecified atom stereocenters. The van der Waals surface area contributed by atoms with Crippen LogP contribution in [0.15, 0.2) is 24.3 Å². The van der Waals surface area contributed by atoms with Crippen molar-refractivity contribution >= 4 is 11.6 Å². The predicted molar refractivity (Wildman–Crippen MR) is 68.1 cm³/mol. The molecule has 18 heavy (non-hydrogen) atoms. The Hall–Kier alpha value is -1.95. The third kappa shape index (κ3) is 3.27. The van der Waals surface area contributed by atoms with Gasteiger partial charge in [-0.15, -0.1) is 0 Å². The second kappa shape index (κ2) is 5.59. The second-order valence-corrected chi connectivity index (χ2v) is 4.44. The fourth-order valence-electron chi connectivity index (χ4n) is 1.35. The van der Waals surface area contributed by atoms with E-state index in [4.69, 9.17) is 0 Å². The van der Waals surface area contributed by atoms with Gasteiger partial charge in [0.15, 0.2) is 0 Å². The Kier molecular flexibility index (Phi) is 4.38. The molecule has 0 aliphatic heterocycles. The fraction of sp³-hybridized carbons (Fsp3) is 0.417. The average molecular weight is 251 g/mol. The number of hydrogen-bond donors (Lipinski definition) is 2. The highest BCUT2D eigenvalue weighted by molar-refractivity contribution is 5.85. The quantitative estimate of drug-likeness (QED) is 0.608. The van der Waals surface area contributed by atoms with E-state index in [1.807, 2.05) is 0 Å². The Morgan fingerprint density at radius 3 is 2.56 bits per heavy atom. The number of carbonyl (C=O) groups is 1. The summed E-state index contributed by atoms with van der Waals surface area (Å²) < 4.78 is 0. The summed E-state index contributed by atoms with van der Waals surface area (Å²) in [6, 6.07) is 6.36. The Balaban J connectivity index is 2.76. The van der Waals surface area contributed by atoms with Crippen molar-refractivity contribution in [2.24, 2.45) is 0 Å². The van der Waals surface area contributed by atoms with E-state index in [0.29, 0.717) is 5.56 Å². The first-order chi connectivity index (χ1) is 8.38. The summed E-state index contributed by atoms with van der Waals surface area (Å²) in [6.45, 7) is 3.62. The Labute approximate surface area is 106 Å². The highest BCUT2D eigenvalue weighted by Crippen LogP contribution is 2.17. The zero-order valence-corrected chi connectivity index (χ0v) is 10.7. The smallest absolute Gasteiger partial charge is 0.274 e. The van der Waals surface area contributed by atoms with E-state index < -0.39 is 10.5 Å². The molecule has 6 nitrogen and oxygen atoms in total. The minimum absolute atomic E-state index is 0.0139. The Morgan fingerprint density at radius 2 is 2.00 bits per heavy atom. The summed E-state index contributed by atoms with van der Waals surface area (Å²) in [5.74, 6) is -0.205. The third-order valence-corrected chi connectivity index (χ3v) is 2.82. The lowest BCUT2D eigenvalue weighted by molar-refractivity contribution is -0.385. The normalized spacial score (nSPS) is 11.1. The molecular weight excluding hydrogens is 234 g/mol. The Bertz CT molecular complexity index is 458. The molecule has 6 heteroatoms. The molecule has 1 rings (SSSR count). The van der Waals surface area contributed by atoms with E-state index in [0.717, 1.165) is 0 Å². The maximum absolute atomic E-state index is 11.8. The molecule has 0 saturated heterocycles. The number of nitrogens with one attached hydrogen (secondary N) is 2. The summed E-state index contributed by atoms with van der Waals surface area (Å²) >= 11 is 0. The molecule has 0 heterocycles. The fourth-order valence-corrected chi connectivity index (χ4v) is 1.35. The van der Waals surface area contributed by atoms with Gasteiger partial charge in [-0.2, -0.15) is 0 Å². The van der Waals surface area contributed by atoms with Gasteiger partial charge < -0.3 is 10.6 Å². The zero-order chi connectivity index (χ0) is 13.8. The van der Waals surface area contributed by atoms with Gasteiger partial charge >= 0.3 is 0 Å². The van der Waals surface area contributed by atoms with Crippen molar-refractivity contribution in [2.75, 3.05) is 7.05 Å². The SMILES string of the molecule is CNC(C)(C)C(=O)NCc1ccccc1[N+](=O)[O-]. The van der Waals surface area contributed by atoms with Gasteiger partial charge in [0, 0.05) is 18.2 Å². The highest BCUT2D eigenvalue weighted by Gasteiger charge is 2.25. The number of para-hydroxylation sites is 1. The van der Waals surface area contributed by atoms with Crippen LogP contribution in [0, 0.1) is 10.1 Å². The van der Waals surface area contributed by atoms with Crippen LogP contribution in [-0.4, -0.2) is 23.4 Å². The molecule has 0 aliphatic rings. The topological polar surface area (TPSA) is 84.3 Å². The first kappa shape index (κ1) is 14.1. The van der Waals surface area contributed by atoms with E-state index in [2.05, 4.69) is 10.6 Å². The molecule has 0 fully saturated rings. The van der Waals surface area contributed by atoms with Crippen LogP contribution in [0.1, 0.15) is 19.4 Å². The maximum atomic E-state index is 11.8. The monoisotopic (exact) mass is 251 g/mol. The molecule has 1 amide bonds. The highest BCUT2D eigenvalue weighted by atomic mass is 16.6. The molecular formula is C12H17N3O3. The standard InChI is InChI=1S/C12H17N3O3/c1-12(2,13-3)11(16)14-8-9-6-4-5-7-10(9)15(17)18/h4-7,13H,8H2,1-3H3,(H,14,16). The van der Waals surface area contributed by atoms with E-state index in [1.165, 1.54) is 6.07 Å². The maximum Gasteiger partial charge on any atom is 0.274 e. The van der Waals surface area contributed by atoms with E-state index >= 15 is 0 Å². The summed E-state index contributed by atoms with van der Waals surface area (Å²) in [7, 11) is 1.69. The van der Waals surface area contributed by atoms with Crippen molar-refractivity contribution in [1.29, 1.82) is 0 Å². The molecule has 1 aromatic rings.